The van der Waals surface area contributed by atoms with Gasteiger partial charge in [0.25, 0.3) is 5.91 Å². The Balaban J connectivity index is 1.49. The fraction of sp³-hybridized carbons (Fsp3) is 0.522. The van der Waals surface area contributed by atoms with Gasteiger partial charge in [-0.15, -0.1) is 11.3 Å². The minimum atomic E-state index is -0.826. The lowest BCUT2D eigenvalue weighted by Crippen LogP contribution is -2.54. The summed E-state index contributed by atoms with van der Waals surface area (Å²) in [7, 11) is 0. The van der Waals surface area contributed by atoms with Gasteiger partial charge in [-0.05, 0) is 56.5 Å². The van der Waals surface area contributed by atoms with Crippen molar-refractivity contribution in [3.8, 4) is 0 Å². The zero-order chi connectivity index (χ0) is 21.5. The number of aromatic nitrogens is 1. The van der Waals surface area contributed by atoms with E-state index in [0.29, 0.717) is 12.0 Å². The average Bonchev–Trinajstić information content (AvgIpc) is 3.38. The molecule has 2 aromatic rings. The van der Waals surface area contributed by atoms with E-state index in [4.69, 9.17) is 0 Å². The van der Waals surface area contributed by atoms with E-state index in [1.165, 1.54) is 4.88 Å². The van der Waals surface area contributed by atoms with E-state index in [1.807, 2.05) is 32.9 Å². The van der Waals surface area contributed by atoms with Gasteiger partial charge in [0.1, 0.15) is 5.54 Å². The fourth-order valence-corrected chi connectivity index (χ4v) is 5.67. The number of urea groups is 1. The molecule has 1 saturated heterocycles. The van der Waals surface area contributed by atoms with Crippen LogP contribution in [0.2, 0.25) is 0 Å². The Bertz CT molecular complexity index is 978. The summed E-state index contributed by atoms with van der Waals surface area (Å²) in [6.45, 7) is 6.54. The number of amides is 3. The van der Waals surface area contributed by atoms with Crippen LogP contribution in [0.15, 0.2) is 23.6 Å². The number of carbonyl (C=O) groups is 3. The maximum Gasteiger partial charge on any atom is 0.325 e. The molecule has 7 heteroatoms. The first-order valence-electron chi connectivity index (χ1n) is 10.7. The largest absolute Gasteiger partial charge is 0.348 e. The minimum Gasteiger partial charge on any atom is -0.348 e. The van der Waals surface area contributed by atoms with Crippen molar-refractivity contribution in [2.45, 2.75) is 65.0 Å². The number of carbonyl (C=O) groups excluding carboxylic acids is 3. The number of imide groups is 1. The number of hydrogen-bond acceptors (Lipinski definition) is 4. The predicted octanol–water partition coefficient (Wildman–Crippen LogP) is 4.09. The van der Waals surface area contributed by atoms with Crippen LogP contribution < -0.4 is 5.32 Å². The highest BCUT2D eigenvalue weighted by Gasteiger charge is 2.55. The molecule has 160 valence electrons. The van der Waals surface area contributed by atoms with Gasteiger partial charge in [-0.25, -0.2) is 4.79 Å². The lowest BCUT2D eigenvalue weighted by Gasteiger charge is -2.36. The summed E-state index contributed by atoms with van der Waals surface area (Å²) >= 11 is 1.73. The molecule has 4 rings (SSSR count). The second-order valence-corrected chi connectivity index (χ2v) is 9.66. The number of aryl methyl sites for hydroxylation is 2. The number of Topliss-reactive ketones (excluding diaryl/α,β-unsaturated/α-hetero) is 1. The van der Waals surface area contributed by atoms with Crippen molar-refractivity contribution in [1.29, 1.82) is 0 Å². The van der Waals surface area contributed by atoms with Crippen molar-refractivity contribution in [3.05, 3.63) is 45.4 Å². The van der Waals surface area contributed by atoms with Gasteiger partial charge < -0.3 is 9.88 Å². The summed E-state index contributed by atoms with van der Waals surface area (Å²) in [5, 5.41) is 4.99. The van der Waals surface area contributed by atoms with E-state index >= 15 is 0 Å². The third kappa shape index (κ3) is 3.49. The number of nitrogens with one attached hydrogen (secondary N) is 1. The molecule has 2 atom stereocenters. The molecule has 0 aromatic carbocycles. The van der Waals surface area contributed by atoms with Gasteiger partial charge in [0.05, 0.1) is 6.54 Å². The summed E-state index contributed by atoms with van der Waals surface area (Å²) in [4.78, 5) is 41.3. The number of thiophene rings is 1. The minimum absolute atomic E-state index is 0.0881. The summed E-state index contributed by atoms with van der Waals surface area (Å²) < 4.78 is 2.14. The summed E-state index contributed by atoms with van der Waals surface area (Å²) in [6, 6.07) is 5.60. The Morgan fingerprint density at radius 1 is 1.30 bits per heavy atom. The summed E-state index contributed by atoms with van der Waals surface area (Å²) in [5.74, 6) is -0.334. The quantitative estimate of drug-likeness (QED) is 0.557. The van der Waals surface area contributed by atoms with Gasteiger partial charge in [0, 0.05) is 28.4 Å². The Labute approximate surface area is 181 Å². The van der Waals surface area contributed by atoms with Crippen LogP contribution in [0.5, 0.6) is 0 Å². The molecule has 1 aliphatic carbocycles. The monoisotopic (exact) mass is 427 g/mol. The molecule has 2 fully saturated rings. The van der Waals surface area contributed by atoms with Crippen LogP contribution in [0.25, 0.3) is 0 Å². The number of ketones is 1. The van der Waals surface area contributed by atoms with E-state index < -0.39 is 11.6 Å². The Morgan fingerprint density at radius 3 is 2.80 bits per heavy atom. The third-order valence-corrected chi connectivity index (χ3v) is 7.78. The summed E-state index contributed by atoms with van der Waals surface area (Å²) in [5.41, 5.74) is 1.67. The van der Waals surface area contributed by atoms with Crippen molar-refractivity contribution in [3.63, 3.8) is 0 Å². The maximum atomic E-state index is 13.1. The first-order valence-corrected chi connectivity index (χ1v) is 11.6. The van der Waals surface area contributed by atoms with Crippen LogP contribution in [-0.4, -0.2) is 39.3 Å². The third-order valence-electron chi connectivity index (χ3n) is 6.84. The molecule has 30 heavy (non-hydrogen) atoms. The van der Waals surface area contributed by atoms with E-state index in [0.717, 1.165) is 48.5 Å². The molecule has 2 aromatic heterocycles. The van der Waals surface area contributed by atoms with E-state index in [9.17, 15) is 14.4 Å². The molecule has 1 aliphatic heterocycles. The highest BCUT2D eigenvalue weighted by molar-refractivity contribution is 7.09. The highest BCUT2D eigenvalue weighted by atomic mass is 32.1. The normalized spacial score (nSPS) is 24.0. The van der Waals surface area contributed by atoms with Crippen LogP contribution in [-0.2, 0) is 17.8 Å². The highest BCUT2D eigenvalue weighted by Crippen LogP contribution is 2.38. The standard InChI is InChI=1S/C23H29N3O3S/c1-15-7-4-5-10-23(15)21(28)26(22(29)24-23)14-20(27)19-13-16(2)25(17(19)3)11-9-18-8-6-12-30-18/h6,8,12-13,15H,4-5,7,9-11,14H2,1-3H3,(H,24,29)/t15-,23-/m0/s1. The molecule has 3 heterocycles. The van der Waals surface area contributed by atoms with Crippen LogP contribution in [0.4, 0.5) is 4.79 Å². The summed E-state index contributed by atoms with van der Waals surface area (Å²) in [6.07, 6.45) is 4.47. The van der Waals surface area contributed by atoms with E-state index in [2.05, 4.69) is 21.3 Å². The van der Waals surface area contributed by atoms with Gasteiger partial charge in [-0.1, -0.05) is 25.8 Å². The Hall–Kier alpha value is -2.41. The zero-order valence-corrected chi connectivity index (χ0v) is 18.7. The van der Waals surface area contributed by atoms with Crippen molar-refractivity contribution in [1.82, 2.24) is 14.8 Å². The lowest BCUT2D eigenvalue weighted by molar-refractivity contribution is -0.133. The topological polar surface area (TPSA) is 71.4 Å². The second-order valence-electron chi connectivity index (χ2n) is 8.63. The fourth-order valence-electron chi connectivity index (χ4n) is 4.97. The molecule has 2 aliphatic rings. The molecular formula is C23H29N3O3S. The first kappa shape index (κ1) is 20.8. The van der Waals surface area contributed by atoms with Crippen molar-refractivity contribution in [2.24, 2.45) is 5.92 Å². The van der Waals surface area contributed by atoms with Crippen LogP contribution in [0, 0.1) is 19.8 Å². The first-order chi connectivity index (χ1) is 14.3. The molecule has 0 bridgehead atoms. The number of hydrogen-bond donors (Lipinski definition) is 1. The SMILES string of the molecule is Cc1cc(C(=O)CN2C(=O)N[C@]3(CCCC[C@@H]3C)C2=O)c(C)n1CCc1cccs1. The second kappa shape index (κ2) is 8.02. The Morgan fingerprint density at radius 2 is 2.10 bits per heavy atom. The lowest BCUT2D eigenvalue weighted by atomic mass is 9.73. The van der Waals surface area contributed by atoms with Gasteiger partial charge >= 0.3 is 6.03 Å². The molecule has 0 radical (unpaired) electrons. The smallest absolute Gasteiger partial charge is 0.325 e. The zero-order valence-electron chi connectivity index (χ0n) is 17.9. The molecule has 1 N–H and O–H groups in total. The van der Waals surface area contributed by atoms with Crippen LogP contribution in [0.3, 0.4) is 0 Å². The molecule has 1 spiro atoms. The van der Waals surface area contributed by atoms with Crippen molar-refractivity contribution >= 4 is 29.1 Å². The van der Waals surface area contributed by atoms with Gasteiger partial charge in [-0.3, -0.25) is 14.5 Å². The van der Waals surface area contributed by atoms with Gasteiger partial charge in [-0.2, -0.15) is 0 Å². The van der Waals surface area contributed by atoms with E-state index in [-0.39, 0.29) is 24.2 Å². The molecule has 3 amide bonds. The molecule has 0 unspecified atom stereocenters. The number of rotatable bonds is 6. The van der Waals surface area contributed by atoms with Crippen molar-refractivity contribution < 1.29 is 14.4 Å². The molecule has 1 saturated carbocycles. The predicted molar refractivity (Wildman–Crippen MR) is 117 cm³/mol. The van der Waals surface area contributed by atoms with Crippen LogP contribution >= 0.6 is 11.3 Å². The Kier molecular flexibility index (Phi) is 5.57. The van der Waals surface area contributed by atoms with Crippen molar-refractivity contribution in [2.75, 3.05) is 6.54 Å². The van der Waals surface area contributed by atoms with E-state index in [1.54, 1.807) is 11.3 Å². The molecular weight excluding hydrogens is 398 g/mol. The average molecular weight is 428 g/mol. The van der Waals surface area contributed by atoms with Gasteiger partial charge in [0.2, 0.25) is 0 Å². The molecule has 6 nitrogen and oxygen atoms in total. The van der Waals surface area contributed by atoms with Crippen LogP contribution in [0.1, 0.15) is 59.2 Å². The van der Waals surface area contributed by atoms with Gasteiger partial charge in [0.15, 0.2) is 5.78 Å². The number of nitrogens with zero attached hydrogens (tertiary/aromatic N) is 2. The maximum absolute atomic E-state index is 13.1.